The molecule has 25 heavy (non-hydrogen) atoms. The Kier molecular flexibility index (Phi) is 7.03. The highest BCUT2D eigenvalue weighted by Crippen LogP contribution is 2.18. The van der Waals surface area contributed by atoms with Gasteiger partial charge in [0.05, 0.1) is 12.5 Å². The summed E-state index contributed by atoms with van der Waals surface area (Å²) in [4.78, 5) is 14.2. The molecule has 0 saturated carbocycles. The lowest BCUT2D eigenvalue weighted by atomic mass is 10.1. The quantitative estimate of drug-likeness (QED) is 0.739. The van der Waals surface area contributed by atoms with Crippen molar-refractivity contribution in [3.05, 3.63) is 65.2 Å². The zero-order valence-corrected chi connectivity index (χ0v) is 14.9. The Morgan fingerprint density at radius 1 is 1.12 bits per heavy atom. The number of hydrogen-bond acceptors (Lipinski definition) is 3. The van der Waals surface area contributed by atoms with Crippen molar-refractivity contribution < 1.29 is 9.53 Å². The fourth-order valence-corrected chi connectivity index (χ4v) is 2.65. The van der Waals surface area contributed by atoms with Crippen molar-refractivity contribution in [2.75, 3.05) is 19.7 Å². The van der Waals surface area contributed by atoms with Crippen LogP contribution in [0, 0.1) is 25.2 Å². The summed E-state index contributed by atoms with van der Waals surface area (Å²) in [6.07, 6.45) is 1.09. The van der Waals surface area contributed by atoms with Gasteiger partial charge in [-0.05, 0) is 37.5 Å². The number of amides is 1. The highest BCUT2D eigenvalue weighted by atomic mass is 16.5. The van der Waals surface area contributed by atoms with Crippen LogP contribution in [0.15, 0.2) is 48.5 Å². The number of ether oxygens (including phenoxy) is 1. The molecule has 0 saturated heterocycles. The molecule has 0 spiro atoms. The molecule has 130 valence electrons. The molecule has 0 aliphatic carbocycles. The summed E-state index contributed by atoms with van der Waals surface area (Å²) in [6.45, 7) is 4.99. The van der Waals surface area contributed by atoms with E-state index < -0.39 is 0 Å². The number of aryl methyl sites for hydroxylation is 2. The van der Waals surface area contributed by atoms with E-state index in [0.29, 0.717) is 19.5 Å². The van der Waals surface area contributed by atoms with Gasteiger partial charge in [0.2, 0.25) is 0 Å². The predicted octanol–water partition coefficient (Wildman–Crippen LogP) is 3.67. The average Bonchev–Trinajstić information content (AvgIpc) is 2.61. The van der Waals surface area contributed by atoms with Crippen LogP contribution in [-0.4, -0.2) is 30.5 Å². The molecular weight excluding hydrogens is 312 g/mol. The van der Waals surface area contributed by atoms with Crippen LogP contribution < -0.4 is 4.74 Å². The van der Waals surface area contributed by atoms with Crippen LogP contribution in [0.4, 0.5) is 0 Å². The Morgan fingerprint density at radius 2 is 1.88 bits per heavy atom. The van der Waals surface area contributed by atoms with E-state index in [0.717, 1.165) is 23.3 Å². The van der Waals surface area contributed by atoms with Crippen molar-refractivity contribution in [1.29, 1.82) is 5.26 Å². The lowest BCUT2D eigenvalue weighted by molar-refractivity contribution is -0.133. The lowest BCUT2D eigenvalue weighted by Crippen LogP contribution is -2.37. The Labute approximate surface area is 149 Å². The molecule has 0 aliphatic heterocycles. The van der Waals surface area contributed by atoms with Gasteiger partial charge in [-0.2, -0.15) is 5.26 Å². The Hall–Kier alpha value is -2.80. The van der Waals surface area contributed by atoms with Gasteiger partial charge < -0.3 is 9.64 Å². The molecule has 2 aromatic rings. The van der Waals surface area contributed by atoms with Crippen LogP contribution in [0.25, 0.3) is 0 Å². The van der Waals surface area contributed by atoms with Crippen molar-refractivity contribution in [3.8, 4) is 11.8 Å². The third-order valence-corrected chi connectivity index (χ3v) is 4.04. The maximum absolute atomic E-state index is 12.5. The van der Waals surface area contributed by atoms with Gasteiger partial charge in [-0.3, -0.25) is 4.79 Å². The second kappa shape index (κ2) is 9.48. The summed E-state index contributed by atoms with van der Waals surface area (Å²) < 4.78 is 5.69. The van der Waals surface area contributed by atoms with Gasteiger partial charge in [-0.1, -0.05) is 48.0 Å². The van der Waals surface area contributed by atoms with Crippen LogP contribution in [0.2, 0.25) is 0 Å². The van der Waals surface area contributed by atoms with Gasteiger partial charge in [-0.25, -0.2) is 0 Å². The first-order chi connectivity index (χ1) is 12.1. The van der Waals surface area contributed by atoms with Crippen molar-refractivity contribution >= 4 is 5.91 Å². The molecule has 4 nitrogen and oxygen atoms in total. The highest BCUT2D eigenvalue weighted by molar-refractivity contribution is 5.77. The standard InChI is InChI=1S/C21H24N2O2/c1-17-9-10-20(18(2)15-17)25-16-21(24)23(13-6-12-22)14-11-19-7-4-3-5-8-19/h3-5,7-10,15H,6,11,13-14,16H2,1-2H3. The van der Waals surface area contributed by atoms with E-state index in [1.807, 2.05) is 62.4 Å². The zero-order chi connectivity index (χ0) is 18.1. The second-order valence-electron chi connectivity index (χ2n) is 6.08. The molecule has 2 rings (SSSR count). The molecule has 1 amide bonds. The van der Waals surface area contributed by atoms with E-state index in [1.165, 1.54) is 5.56 Å². The number of carbonyl (C=O) groups excluding carboxylic acids is 1. The molecule has 0 fully saturated rings. The van der Waals surface area contributed by atoms with E-state index in [1.54, 1.807) is 4.90 Å². The minimum Gasteiger partial charge on any atom is -0.484 e. The van der Waals surface area contributed by atoms with E-state index in [2.05, 4.69) is 6.07 Å². The summed E-state index contributed by atoms with van der Waals surface area (Å²) in [5.74, 6) is 0.633. The van der Waals surface area contributed by atoms with Crippen molar-refractivity contribution in [3.63, 3.8) is 0 Å². The number of hydrogen-bond donors (Lipinski definition) is 0. The van der Waals surface area contributed by atoms with Gasteiger partial charge in [0.25, 0.3) is 5.91 Å². The molecule has 0 atom stereocenters. The average molecular weight is 336 g/mol. The van der Waals surface area contributed by atoms with Crippen LogP contribution in [0.3, 0.4) is 0 Å². The second-order valence-corrected chi connectivity index (χ2v) is 6.08. The summed E-state index contributed by atoms with van der Waals surface area (Å²) in [5.41, 5.74) is 3.35. The first kappa shape index (κ1) is 18.5. The van der Waals surface area contributed by atoms with E-state index in [4.69, 9.17) is 10.00 Å². The molecule has 0 unspecified atom stereocenters. The topological polar surface area (TPSA) is 53.3 Å². The van der Waals surface area contributed by atoms with Crippen LogP contribution in [0.5, 0.6) is 5.75 Å². The summed E-state index contributed by atoms with van der Waals surface area (Å²) >= 11 is 0. The van der Waals surface area contributed by atoms with Crippen LogP contribution >= 0.6 is 0 Å². The molecule has 0 bridgehead atoms. The van der Waals surface area contributed by atoms with E-state index in [-0.39, 0.29) is 12.5 Å². The SMILES string of the molecule is Cc1ccc(OCC(=O)N(CCC#N)CCc2ccccc2)c(C)c1. The largest absolute Gasteiger partial charge is 0.484 e. The number of nitriles is 1. The fourth-order valence-electron chi connectivity index (χ4n) is 2.65. The molecule has 0 N–H and O–H groups in total. The van der Waals surface area contributed by atoms with Crippen molar-refractivity contribution in [2.24, 2.45) is 0 Å². The monoisotopic (exact) mass is 336 g/mol. The van der Waals surface area contributed by atoms with Gasteiger partial charge in [0.15, 0.2) is 6.61 Å². The third-order valence-electron chi connectivity index (χ3n) is 4.04. The molecule has 0 radical (unpaired) electrons. The maximum Gasteiger partial charge on any atom is 0.260 e. The minimum atomic E-state index is -0.0915. The summed E-state index contributed by atoms with van der Waals surface area (Å²) in [7, 11) is 0. The van der Waals surface area contributed by atoms with Gasteiger partial charge >= 0.3 is 0 Å². The van der Waals surface area contributed by atoms with Gasteiger partial charge in [0.1, 0.15) is 5.75 Å². The molecule has 0 aromatic heterocycles. The Balaban J connectivity index is 1.93. The third kappa shape index (κ3) is 5.96. The predicted molar refractivity (Wildman–Crippen MR) is 98.4 cm³/mol. The molecule has 4 heteroatoms. The number of rotatable bonds is 8. The first-order valence-electron chi connectivity index (χ1n) is 8.49. The molecular formula is C21H24N2O2. The molecule has 0 heterocycles. The zero-order valence-electron chi connectivity index (χ0n) is 14.9. The number of carbonyl (C=O) groups is 1. The summed E-state index contributed by atoms with van der Waals surface area (Å²) in [5, 5.41) is 8.83. The molecule has 0 aliphatic rings. The van der Waals surface area contributed by atoms with Crippen LogP contribution in [0.1, 0.15) is 23.1 Å². The highest BCUT2D eigenvalue weighted by Gasteiger charge is 2.14. The van der Waals surface area contributed by atoms with E-state index >= 15 is 0 Å². The van der Waals surface area contributed by atoms with Crippen molar-refractivity contribution in [1.82, 2.24) is 4.90 Å². The minimum absolute atomic E-state index is 0.00980. The molecule has 2 aromatic carbocycles. The van der Waals surface area contributed by atoms with Gasteiger partial charge in [0, 0.05) is 13.1 Å². The van der Waals surface area contributed by atoms with Crippen LogP contribution in [-0.2, 0) is 11.2 Å². The lowest BCUT2D eigenvalue weighted by Gasteiger charge is -2.22. The Morgan fingerprint density at radius 3 is 2.56 bits per heavy atom. The first-order valence-corrected chi connectivity index (χ1v) is 8.49. The maximum atomic E-state index is 12.5. The normalized spacial score (nSPS) is 10.1. The number of benzene rings is 2. The smallest absolute Gasteiger partial charge is 0.260 e. The Bertz CT molecular complexity index is 735. The number of nitrogens with zero attached hydrogens (tertiary/aromatic N) is 2. The summed E-state index contributed by atoms with van der Waals surface area (Å²) in [6, 6.07) is 18.0. The fraction of sp³-hybridized carbons (Fsp3) is 0.333. The van der Waals surface area contributed by atoms with E-state index in [9.17, 15) is 4.79 Å². The van der Waals surface area contributed by atoms with Gasteiger partial charge in [-0.15, -0.1) is 0 Å². The van der Waals surface area contributed by atoms with Crippen molar-refractivity contribution in [2.45, 2.75) is 26.7 Å².